The predicted octanol–water partition coefficient (Wildman–Crippen LogP) is 3.04. The van der Waals surface area contributed by atoms with Crippen LogP contribution in [-0.2, 0) is 6.42 Å². The van der Waals surface area contributed by atoms with Crippen molar-refractivity contribution in [1.29, 1.82) is 0 Å². The monoisotopic (exact) mass is 289 g/mol. The van der Waals surface area contributed by atoms with Gasteiger partial charge in [0.2, 0.25) is 17.5 Å². The van der Waals surface area contributed by atoms with E-state index in [1.807, 2.05) is 10.6 Å². The van der Waals surface area contributed by atoms with Crippen LogP contribution in [0.3, 0.4) is 0 Å². The van der Waals surface area contributed by atoms with Gasteiger partial charge in [-0.05, 0) is 18.6 Å². The summed E-state index contributed by atoms with van der Waals surface area (Å²) in [5.41, 5.74) is 0.897. The van der Waals surface area contributed by atoms with Crippen molar-refractivity contribution in [2.45, 2.75) is 13.3 Å². The Hall–Kier alpha value is -2.08. The quantitative estimate of drug-likeness (QED) is 0.740. The van der Waals surface area contributed by atoms with Crippen LogP contribution in [0.4, 0.5) is 0 Å². The number of fused-ring (bicyclic) bond motifs is 1. The van der Waals surface area contributed by atoms with Crippen molar-refractivity contribution in [2.24, 2.45) is 0 Å². The molecule has 0 saturated heterocycles. The maximum Gasteiger partial charge on any atom is 0.240 e. The number of nitrogens with zero attached hydrogens (tertiary/aromatic N) is 3. The molecule has 0 aliphatic heterocycles. The lowest BCUT2D eigenvalue weighted by atomic mass is 10.3. The van der Waals surface area contributed by atoms with Gasteiger partial charge in [0, 0.05) is 11.1 Å². The van der Waals surface area contributed by atoms with Gasteiger partial charge in [0.15, 0.2) is 0 Å². The van der Waals surface area contributed by atoms with Crippen molar-refractivity contribution in [1.82, 2.24) is 14.4 Å². The summed E-state index contributed by atoms with van der Waals surface area (Å²) in [5, 5.41) is 0. The van der Waals surface area contributed by atoms with E-state index in [2.05, 4.69) is 29.0 Å². The highest BCUT2D eigenvalue weighted by atomic mass is 32.1. The largest absolute Gasteiger partial charge is 0.482 e. The Labute approximate surface area is 120 Å². The lowest BCUT2D eigenvalue weighted by molar-refractivity contribution is 0.369. The average Bonchev–Trinajstić information content (AvgIpc) is 3.11. The molecule has 3 rings (SSSR count). The molecular weight excluding hydrogens is 274 g/mol. The zero-order valence-electron chi connectivity index (χ0n) is 11.6. The Bertz CT molecular complexity index is 748. The van der Waals surface area contributed by atoms with E-state index < -0.39 is 0 Å². The fourth-order valence-electron chi connectivity index (χ4n) is 2.00. The molecule has 0 radical (unpaired) electrons. The highest BCUT2D eigenvalue weighted by Crippen LogP contribution is 2.29. The summed E-state index contributed by atoms with van der Waals surface area (Å²) < 4.78 is 12.3. The minimum absolute atomic E-state index is 0.493. The lowest BCUT2D eigenvalue weighted by Gasteiger charge is -2.04. The molecule has 0 amide bonds. The van der Waals surface area contributed by atoms with Gasteiger partial charge in [-0.25, -0.2) is 4.98 Å². The summed E-state index contributed by atoms with van der Waals surface area (Å²) in [7, 11) is 3.20. The van der Waals surface area contributed by atoms with Crippen molar-refractivity contribution in [3.05, 3.63) is 29.3 Å². The average molecular weight is 289 g/mol. The molecule has 0 aliphatic rings. The topological polar surface area (TPSA) is 48.7 Å². The third kappa shape index (κ3) is 2.12. The van der Waals surface area contributed by atoms with Gasteiger partial charge in [0.25, 0.3) is 0 Å². The molecule has 5 nitrogen and oxygen atoms in total. The minimum Gasteiger partial charge on any atom is -0.482 e. The molecule has 20 heavy (non-hydrogen) atoms. The molecule has 0 spiro atoms. The standard InChI is InChI=1S/C14H15N3O2S/c1-4-9-5-6-11(20-9)10-8-17-13(19-3)7-12(18-2)16-14(17)15-10/h5-8H,4H2,1-3H3. The van der Waals surface area contributed by atoms with Gasteiger partial charge in [-0.1, -0.05) is 6.92 Å². The Morgan fingerprint density at radius 3 is 2.70 bits per heavy atom. The normalized spacial score (nSPS) is 10.9. The van der Waals surface area contributed by atoms with Crippen LogP contribution in [0.25, 0.3) is 16.3 Å². The first kappa shape index (κ1) is 12.9. The first-order valence-corrected chi connectivity index (χ1v) is 7.14. The van der Waals surface area contributed by atoms with E-state index >= 15 is 0 Å². The summed E-state index contributed by atoms with van der Waals surface area (Å²) >= 11 is 1.75. The first-order chi connectivity index (χ1) is 9.75. The molecule has 0 aliphatic carbocycles. The van der Waals surface area contributed by atoms with E-state index in [0.717, 1.165) is 17.0 Å². The predicted molar refractivity (Wildman–Crippen MR) is 78.8 cm³/mol. The van der Waals surface area contributed by atoms with Gasteiger partial charge >= 0.3 is 0 Å². The number of imidazole rings is 1. The highest BCUT2D eigenvalue weighted by Gasteiger charge is 2.12. The summed E-state index contributed by atoms with van der Waals surface area (Å²) in [4.78, 5) is 11.4. The number of hydrogen-bond donors (Lipinski definition) is 0. The SMILES string of the molecule is CCc1ccc(-c2cn3c(OC)cc(OC)nc3n2)s1. The molecule has 0 N–H and O–H groups in total. The van der Waals surface area contributed by atoms with Gasteiger partial charge in [-0.15, -0.1) is 11.3 Å². The van der Waals surface area contributed by atoms with E-state index in [-0.39, 0.29) is 0 Å². The molecule has 6 heteroatoms. The molecule has 0 unspecified atom stereocenters. The summed E-state index contributed by atoms with van der Waals surface area (Å²) in [6, 6.07) is 5.97. The minimum atomic E-state index is 0.493. The zero-order valence-corrected chi connectivity index (χ0v) is 12.4. The van der Waals surface area contributed by atoms with Gasteiger partial charge in [0.1, 0.15) is 5.69 Å². The molecule has 104 valence electrons. The van der Waals surface area contributed by atoms with E-state index in [1.54, 1.807) is 31.6 Å². The lowest BCUT2D eigenvalue weighted by Crippen LogP contribution is -1.97. The Balaban J connectivity index is 2.14. The molecule has 3 aromatic rings. The highest BCUT2D eigenvalue weighted by molar-refractivity contribution is 7.15. The number of aromatic nitrogens is 3. The zero-order chi connectivity index (χ0) is 14.1. The van der Waals surface area contributed by atoms with Crippen LogP contribution in [0.5, 0.6) is 11.8 Å². The molecule has 3 aromatic heterocycles. The Kier molecular flexibility index (Phi) is 3.31. The van der Waals surface area contributed by atoms with Gasteiger partial charge in [-0.3, -0.25) is 4.40 Å². The van der Waals surface area contributed by atoms with Crippen LogP contribution in [0, 0.1) is 0 Å². The van der Waals surface area contributed by atoms with Gasteiger partial charge in [-0.2, -0.15) is 4.98 Å². The van der Waals surface area contributed by atoms with Crippen LogP contribution in [-0.4, -0.2) is 28.6 Å². The fourth-order valence-corrected chi connectivity index (χ4v) is 2.91. The van der Waals surface area contributed by atoms with Crippen molar-refractivity contribution < 1.29 is 9.47 Å². The molecule has 0 atom stereocenters. The van der Waals surface area contributed by atoms with Crippen molar-refractivity contribution in [2.75, 3.05) is 14.2 Å². The second-order valence-electron chi connectivity index (χ2n) is 4.26. The van der Waals surface area contributed by atoms with E-state index in [4.69, 9.17) is 9.47 Å². The van der Waals surface area contributed by atoms with Crippen LogP contribution in [0.15, 0.2) is 24.4 Å². The van der Waals surface area contributed by atoms with E-state index in [0.29, 0.717) is 17.5 Å². The summed E-state index contributed by atoms with van der Waals surface area (Å²) in [6.07, 6.45) is 2.97. The Morgan fingerprint density at radius 1 is 1.20 bits per heavy atom. The third-order valence-electron chi connectivity index (χ3n) is 3.06. The number of hydrogen-bond acceptors (Lipinski definition) is 5. The van der Waals surface area contributed by atoms with Gasteiger partial charge < -0.3 is 9.47 Å². The summed E-state index contributed by atoms with van der Waals surface area (Å²) in [5.74, 6) is 1.72. The fraction of sp³-hybridized carbons (Fsp3) is 0.286. The second kappa shape index (κ2) is 5.13. The number of aryl methyl sites for hydroxylation is 1. The molecular formula is C14H15N3O2S. The van der Waals surface area contributed by atoms with Crippen LogP contribution in [0.1, 0.15) is 11.8 Å². The number of thiophene rings is 1. The molecule has 0 bridgehead atoms. The van der Waals surface area contributed by atoms with Gasteiger partial charge in [0.05, 0.1) is 25.2 Å². The second-order valence-corrected chi connectivity index (χ2v) is 5.42. The number of rotatable bonds is 4. The van der Waals surface area contributed by atoms with Crippen LogP contribution < -0.4 is 9.47 Å². The van der Waals surface area contributed by atoms with Crippen LogP contribution in [0.2, 0.25) is 0 Å². The number of ether oxygens (including phenoxy) is 2. The number of methoxy groups -OCH3 is 2. The molecule has 3 heterocycles. The maximum absolute atomic E-state index is 5.35. The van der Waals surface area contributed by atoms with E-state index in [9.17, 15) is 0 Å². The Morgan fingerprint density at radius 2 is 2.05 bits per heavy atom. The molecule has 0 aromatic carbocycles. The van der Waals surface area contributed by atoms with Crippen molar-refractivity contribution in [3.8, 4) is 22.3 Å². The van der Waals surface area contributed by atoms with Crippen molar-refractivity contribution >= 4 is 17.1 Å². The molecule has 0 fully saturated rings. The first-order valence-electron chi connectivity index (χ1n) is 6.32. The van der Waals surface area contributed by atoms with Crippen LogP contribution >= 0.6 is 11.3 Å². The molecule has 0 saturated carbocycles. The smallest absolute Gasteiger partial charge is 0.240 e. The third-order valence-corrected chi connectivity index (χ3v) is 4.31. The van der Waals surface area contributed by atoms with E-state index in [1.165, 1.54) is 4.88 Å². The van der Waals surface area contributed by atoms with Crippen molar-refractivity contribution in [3.63, 3.8) is 0 Å². The summed E-state index contributed by atoms with van der Waals surface area (Å²) in [6.45, 7) is 2.15. The maximum atomic E-state index is 5.35.